The van der Waals surface area contributed by atoms with Gasteiger partial charge in [-0.25, -0.2) is 19.5 Å². The van der Waals surface area contributed by atoms with Gasteiger partial charge in [0.15, 0.2) is 5.13 Å². The van der Waals surface area contributed by atoms with E-state index in [0.717, 1.165) is 11.4 Å². The molecule has 0 saturated carbocycles. The molecule has 16 heteroatoms. The van der Waals surface area contributed by atoms with Gasteiger partial charge in [0.2, 0.25) is 0 Å². The van der Waals surface area contributed by atoms with Gasteiger partial charge in [0.25, 0.3) is 5.91 Å². The molecule has 0 unspecified atom stereocenters. The molecule has 200 valence electrons. The summed E-state index contributed by atoms with van der Waals surface area (Å²) in [7, 11) is -4.45. The number of rotatable bonds is 9. The Balaban J connectivity index is 0.00000400. The number of anilines is 4. The Morgan fingerprint density at radius 1 is 1.21 bits per heavy atom. The molecule has 38 heavy (non-hydrogen) atoms. The molecule has 3 aromatic rings. The van der Waals surface area contributed by atoms with Crippen LogP contribution in [0, 0.1) is 13.8 Å². The number of amides is 1. The Kier molecular flexibility index (Phi) is 11.1. The van der Waals surface area contributed by atoms with Crippen molar-refractivity contribution in [1.29, 1.82) is 0 Å². The first-order chi connectivity index (χ1) is 17.6. The quantitative estimate of drug-likeness (QED) is 0.215. The van der Waals surface area contributed by atoms with Crippen LogP contribution < -0.4 is 15.5 Å². The van der Waals surface area contributed by atoms with Crippen LogP contribution in [0.3, 0.4) is 0 Å². The predicted octanol–water partition coefficient (Wildman–Crippen LogP) is 2.78. The average Bonchev–Trinajstić information content (AvgIpc) is 3.29. The van der Waals surface area contributed by atoms with Crippen LogP contribution in [0.2, 0.25) is 5.02 Å². The average molecular weight is 592 g/mol. The van der Waals surface area contributed by atoms with Crippen LogP contribution in [-0.4, -0.2) is 104 Å². The number of phosphoric ester groups is 1. The van der Waals surface area contributed by atoms with Gasteiger partial charge >= 0.3 is 37.4 Å². The van der Waals surface area contributed by atoms with Gasteiger partial charge in [-0.1, -0.05) is 35.1 Å². The Hall–Kier alpha value is -1.64. The number of hydrogen-bond donors (Lipinski definition) is 4. The summed E-state index contributed by atoms with van der Waals surface area (Å²) in [5, 5.41) is 6.99. The van der Waals surface area contributed by atoms with E-state index >= 15 is 0 Å². The Labute approximate surface area is 251 Å². The standard InChI is InChI=1S/C22H27ClN7O5PS.Na.H/c1-14-4-3-5-16(23)20(14)28-21(31)17-13-24-22(37-17)27-18-12-19(26-15(2)25-18)30-8-6-29(7-9-30)10-11-35-36(32,33)34;;/h3-5,12-13H,6-11H2,1-2H3,(H,28,31)(H2,32,33,34)(H,24,25,26,27);;. The number of hydrogen-bond acceptors (Lipinski definition) is 10. The van der Waals surface area contributed by atoms with Crippen LogP contribution in [0.15, 0.2) is 30.5 Å². The second kappa shape index (κ2) is 13.6. The van der Waals surface area contributed by atoms with Crippen molar-refractivity contribution in [2.45, 2.75) is 13.8 Å². The zero-order valence-corrected chi connectivity index (χ0v) is 22.7. The van der Waals surface area contributed by atoms with E-state index in [1.807, 2.05) is 25.1 Å². The summed E-state index contributed by atoms with van der Waals surface area (Å²) in [6.45, 7) is 6.86. The number of aromatic nitrogens is 3. The monoisotopic (exact) mass is 591 g/mol. The molecule has 4 rings (SSSR count). The summed E-state index contributed by atoms with van der Waals surface area (Å²) in [4.78, 5) is 48.3. The minimum absolute atomic E-state index is 0. The van der Waals surface area contributed by atoms with E-state index in [1.165, 1.54) is 17.5 Å². The molecule has 3 heterocycles. The maximum atomic E-state index is 12.7. The molecular weight excluding hydrogens is 564 g/mol. The van der Waals surface area contributed by atoms with Crippen molar-refractivity contribution >= 4 is 88.7 Å². The molecule has 4 N–H and O–H groups in total. The third-order valence-corrected chi connectivity index (χ3v) is 7.36. The second-order valence-electron chi connectivity index (χ2n) is 8.35. The second-order valence-corrected chi connectivity index (χ2v) is 11.0. The summed E-state index contributed by atoms with van der Waals surface area (Å²) in [5.74, 6) is 1.60. The molecule has 0 spiro atoms. The van der Waals surface area contributed by atoms with Crippen molar-refractivity contribution in [3.63, 3.8) is 0 Å². The van der Waals surface area contributed by atoms with Crippen LogP contribution in [0.1, 0.15) is 21.1 Å². The van der Waals surface area contributed by atoms with Gasteiger partial charge in [-0.15, -0.1) is 0 Å². The van der Waals surface area contributed by atoms with E-state index in [4.69, 9.17) is 21.4 Å². The van der Waals surface area contributed by atoms with Gasteiger partial charge in [0, 0.05) is 38.8 Å². The van der Waals surface area contributed by atoms with Crippen molar-refractivity contribution in [3.05, 3.63) is 51.7 Å². The number of halogens is 1. The van der Waals surface area contributed by atoms with Crippen LogP contribution >= 0.6 is 30.8 Å². The Morgan fingerprint density at radius 3 is 2.63 bits per heavy atom. The number of aryl methyl sites for hydroxylation is 2. The molecule has 1 aliphatic rings. The van der Waals surface area contributed by atoms with Gasteiger partial charge < -0.3 is 25.3 Å². The first-order valence-electron chi connectivity index (χ1n) is 11.4. The maximum absolute atomic E-state index is 12.7. The molecule has 1 aromatic carbocycles. The van der Waals surface area contributed by atoms with Gasteiger partial charge in [-0.05, 0) is 25.5 Å². The summed E-state index contributed by atoms with van der Waals surface area (Å²) in [6, 6.07) is 7.25. The zero-order chi connectivity index (χ0) is 26.6. The molecule has 0 atom stereocenters. The number of nitrogens with zero attached hydrogens (tertiary/aromatic N) is 5. The van der Waals surface area contributed by atoms with E-state index in [1.54, 1.807) is 13.0 Å². The first-order valence-corrected chi connectivity index (χ1v) is 14.1. The molecule has 12 nitrogen and oxygen atoms in total. The van der Waals surface area contributed by atoms with E-state index in [2.05, 4.69) is 39.9 Å². The van der Waals surface area contributed by atoms with Crippen molar-refractivity contribution < 1.29 is 23.7 Å². The van der Waals surface area contributed by atoms with Crippen molar-refractivity contribution in [2.75, 3.05) is 54.9 Å². The van der Waals surface area contributed by atoms with Crippen LogP contribution in [0.25, 0.3) is 0 Å². The van der Waals surface area contributed by atoms with Crippen molar-refractivity contribution in [3.8, 4) is 0 Å². The van der Waals surface area contributed by atoms with Crippen LogP contribution in [0.5, 0.6) is 0 Å². The number of carbonyl (C=O) groups is 1. The van der Waals surface area contributed by atoms with Crippen LogP contribution in [-0.2, 0) is 9.09 Å². The third kappa shape index (κ3) is 8.68. The van der Waals surface area contributed by atoms with Gasteiger partial charge in [0.1, 0.15) is 22.3 Å². The van der Waals surface area contributed by atoms with Gasteiger partial charge in [-0.3, -0.25) is 14.2 Å². The van der Waals surface area contributed by atoms with E-state index in [-0.39, 0.29) is 42.1 Å². The Morgan fingerprint density at radius 2 is 1.95 bits per heavy atom. The number of thiazole rings is 1. The number of phosphoric acid groups is 1. The van der Waals surface area contributed by atoms with Gasteiger partial charge in [-0.2, -0.15) is 0 Å². The molecule has 1 saturated heterocycles. The molecule has 0 bridgehead atoms. The van der Waals surface area contributed by atoms with E-state index in [0.29, 0.717) is 65.1 Å². The van der Waals surface area contributed by atoms with Gasteiger partial charge in [0.05, 0.1) is 23.5 Å². The Bertz CT molecular complexity index is 1300. The number of piperazine rings is 1. The normalized spacial score (nSPS) is 14.2. The summed E-state index contributed by atoms with van der Waals surface area (Å²) in [6.07, 6.45) is 1.50. The number of nitrogens with one attached hydrogen (secondary N) is 2. The fraction of sp³-hybridized carbons (Fsp3) is 0.364. The molecule has 1 fully saturated rings. The molecule has 0 radical (unpaired) electrons. The predicted molar refractivity (Wildman–Crippen MR) is 150 cm³/mol. The SMILES string of the molecule is Cc1nc(Nc2ncc(C(=O)Nc3c(C)cccc3Cl)s2)cc(N2CCN(CCOP(=O)(O)O)CC2)n1.[NaH]. The fourth-order valence-electron chi connectivity index (χ4n) is 3.78. The third-order valence-electron chi connectivity index (χ3n) is 5.61. The zero-order valence-electron chi connectivity index (χ0n) is 20.2. The number of benzene rings is 1. The molecule has 0 aliphatic carbocycles. The van der Waals surface area contributed by atoms with E-state index in [9.17, 15) is 9.36 Å². The first kappa shape index (κ1) is 30.9. The topological polar surface area (TPSA) is 153 Å². The van der Waals surface area contributed by atoms with E-state index < -0.39 is 7.82 Å². The van der Waals surface area contributed by atoms with Crippen molar-refractivity contribution in [1.82, 2.24) is 19.9 Å². The van der Waals surface area contributed by atoms with Crippen LogP contribution in [0.4, 0.5) is 22.5 Å². The number of para-hydroxylation sites is 1. The molecule has 2 aromatic heterocycles. The van der Waals surface area contributed by atoms with Crippen molar-refractivity contribution in [2.24, 2.45) is 0 Å². The summed E-state index contributed by atoms with van der Waals surface area (Å²) < 4.78 is 15.4. The fourth-order valence-corrected chi connectivity index (χ4v) is 5.09. The summed E-state index contributed by atoms with van der Waals surface area (Å²) >= 11 is 7.42. The molecule has 1 aliphatic heterocycles. The summed E-state index contributed by atoms with van der Waals surface area (Å²) in [5.41, 5.74) is 1.44. The number of carbonyl (C=O) groups excluding carboxylic acids is 1. The molecular formula is C22H28ClN7NaO5PS. The minimum atomic E-state index is -4.45. The molecule has 1 amide bonds.